The van der Waals surface area contributed by atoms with Crippen LogP contribution < -0.4 is 0 Å². The van der Waals surface area contributed by atoms with Crippen LogP contribution in [0.1, 0.15) is 63.8 Å². The summed E-state index contributed by atoms with van der Waals surface area (Å²) in [5.74, 6) is 0.776. The van der Waals surface area contributed by atoms with Crippen molar-refractivity contribution in [3.63, 3.8) is 0 Å². The van der Waals surface area contributed by atoms with Gasteiger partial charge in [0, 0.05) is 22.6 Å². The van der Waals surface area contributed by atoms with Crippen LogP contribution in [-0.4, -0.2) is 15.0 Å². The average Bonchev–Trinajstić information content (AvgIpc) is 2.75. The lowest BCUT2D eigenvalue weighted by Gasteiger charge is -2.17. The maximum atomic E-state index is 6.13. The number of rotatable bonds is 2. The third-order valence-electron chi connectivity index (χ3n) is 3.07. The highest BCUT2D eigenvalue weighted by molar-refractivity contribution is 7.09. The van der Waals surface area contributed by atoms with Crippen molar-refractivity contribution in [1.29, 1.82) is 0 Å². The lowest BCUT2D eigenvalue weighted by Crippen LogP contribution is -2.17. The Balaban J connectivity index is 2.28. The van der Waals surface area contributed by atoms with E-state index in [4.69, 9.17) is 16.6 Å². The third-order valence-corrected chi connectivity index (χ3v) is 4.11. The first-order chi connectivity index (χ1) is 9.55. The van der Waals surface area contributed by atoms with Crippen LogP contribution in [-0.2, 0) is 17.3 Å². The normalized spacial score (nSPS) is 12.7. The van der Waals surface area contributed by atoms with Crippen molar-refractivity contribution in [2.45, 2.75) is 58.8 Å². The van der Waals surface area contributed by atoms with Crippen LogP contribution in [0.5, 0.6) is 0 Å². The monoisotopic (exact) mass is 323 g/mol. The number of aromatic nitrogens is 3. The molecule has 0 aliphatic heterocycles. The predicted octanol–water partition coefficient (Wildman–Crippen LogP) is 4.77. The number of halogens is 1. The fourth-order valence-electron chi connectivity index (χ4n) is 1.78. The molecule has 114 valence electrons. The highest BCUT2D eigenvalue weighted by atomic mass is 35.5. The Kier molecular flexibility index (Phi) is 4.41. The quantitative estimate of drug-likeness (QED) is 0.747. The van der Waals surface area contributed by atoms with Crippen LogP contribution in [0.25, 0.3) is 0 Å². The molecule has 2 heterocycles. The van der Waals surface area contributed by atoms with Crippen molar-refractivity contribution in [1.82, 2.24) is 15.0 Å². The summed E-state index contributed by atoms with van der Waals surface area (Å²) in [6, 6.07) is 1.83. The van der Waals surface area contributed by atoms with Gasteiger partial charge in [-0.25, -0.2) is 15.0 Å². The maximum absolute atomic E-state index is 6.13. The van der Waals surface area contributed by atoms with Gasteiger partial charge < -0.3 is 0 Å². The largest absolute Gasteiger partial charge is 0.245 e. The molecule has 0 radical (unpaired) electrons. The first-order valence-corrected chi connectivity index (χ1v) is 8.30. The fourth-order valence-corrected chi connectivity index (χ4v) is 3.02. The van der Waals surface area contributed by atoms with E-state index in [9.17, 15) is 0 Å². The summed E-state index contributed by atoms with van der Waals surface area (Å²) in [6.45, 7) is 12.8. The molecule has 0 aliphatic carbocycles. The molecule has 0 unspecified atom stereocenters. The Hall–Kier alpha value is -1.00. The molecular weight excluding hydrogens is 302 g/mol. The molecule has 2 aromatic rings. The smallest absolute Gasteiger partial charge is 0.135 e. The van der Waals surface area contributed by atoms with E-state index in [1.807, 2.05) is 6.07 Å². The van der Waals surface area contributed by atoms with Gasteiger partial charge in [0.2, 0.25) is 0 Å². The lowest BCUT2D eigenvalue weighted by atomic mass is 9.93. The molecule has 0 spiro atoms. The van der Waals surface area contributed by atoms with Crippen molar-refractivity contribution < 1.29 is 0 Å². The van der Waals surface area contributed by atoms with Gasteiger partial charge in [0.15, 0.2) is 0 Å². The van der Waals surface area contributed by atoms with Gasteiger partial charge in [0.1, 0.15) is 11.0 Å². The molecule has 3 nitrogen and oxygen atoms in total. The minimum Gasteiger partial charge on any atom is -0.245 e. The van der Waals surface area contributed by atoms with E-state index in [0.717, 1.165) is 22.2 Å². The van der Waals surface area contributed by atoms with Gasteiger partial charge in [-0.15, -0.1) is 11.3 Å². The summed E-state index contributed by atoms with van der Waals surface area (Å²) in [5.41, 5.74) is 2.02. The summed E-state index contributed by atoms with van der Waals surface area (Å²) in [5, 5.41) is 3.69. The van der Waals surface area contributed by atoms with Gasteiger partial charge >= 0.3 is 0 Å². The summed E-state index contributed by atoms with van der Waals surface area (Å²) in [7, 11) is 0. The summed E-state index contributed by atoms with van der Waals surface area (Å²) >= 11 is 7.81. The fraction of sp³-hybridized carbons (Fsp3) is 0.562. The Morgan fingerprint density at radius 1 is 1.00 bits per heavy atom. The number of hydrogen-bond donors (Lipinski definition) is 0. The first kappa shape index (κ1) is 16.4. The third kappa shape index (κ3) is 4.24. The highest BCUT2D eigenvalue weighted by Crippen LogP contribution is 2.26. The number of nitrogens with zero attached hydrogens (tertiary/aromatic N) is 3. The molecule has 0 fully saturated rings. The van der Waals surface area contributed by atoms with Crippen LogP contribution >= 0.6 is 22.9 Å². The zero-order chi connectivity index (χ0) is 15.8. The minimum atomic E-state index is -0.112. The van der Waals surface area contributed by atoms with E-state index >= 15 is 0 Å². The van der Waals surface area contributed by atoms with Crippen LogP contribution in [0.4, 0.5) is 0 Å². The standard InChI is InChI=1S/C16H22ClN3S/c1-15(2,3)11-9-21-13(19-11)8-10-7-12(17)20-14(18-10)16(4,5)6/h7,9H,8H2,1-6H3. The van der Waals surface area contributed by atoms with Crippen LogP contribution in [0, 0.1) is 0 Å². The molecule has 0 atom stereocenters. The molecule has 2 aromatic heterocycles. The molecule has 0 saturated carbocycles. The SMILES string of the molecule is CC(C)(C)c1csc(Cc2cc(Cl)nc(C(C)(C)C)n2)n1. The molecule has 0 bridgehead atoms. The molecular formula is C16H22ClN3S. The van der Waals surface area contributed by atoms with Crippen LogP contribution in [0.2, 0.25) is 5.15 Å². The summed E-state index contributed by atoms with van der Waals surface area (Å²) in [6.07, 6.45) is 0.700. The zero-order valence-corrected chi connectivity index (χ0v) is 15.1. The van der Waals surface area contributed by atoms with E-state index in [1.165, 1.54) is 0 Å². The van der Waals surface area contributed by atoms with E-state index in [0.29, 0.717) is 11.6 Å². The molecule has 2 rings (SSSR count). The molecule has 0 amide bonds. The van der Waals surface area contributed by atoms with Crippen molar-refractivity contribution in [2.75, 3.05) is 0 Å². The molecule has 5 heteroatoms. The molecule has 0 aliphatic rings. The lowest BCUT2D eigenvalue weighted by molar-refractivity contribution is 0.542. The zero-order valence-electron chi connectivity index (χ0n) is 13.5. The second-order valence-electron chi connectivity index (χ2n) is 7.31. The molecule has 21 heavy (non-hydrogen) atoms. The predicted molar refractivity (Wildman–Crippen MR) is 89.4 cm³/mol. The maximum Gasteiger partial charge on any atom is 0.135 e. The topological polar surface area (TPSA) is 38.7 Å². The first-order valence-electron chi connectivity index (χ1n) is 7.04. The van der Waals surface area contributed by atoms with Crippen LogP contribution in [0.15, 0.2) is 11.4 Å². The Labute approximate surface area is 135 Å². The summed E-state index contributed by atoms with van der Waals surface area (Å²) < 4.78 is 0. The molecule has 0 saturated heterocycles. The van der Waals surface area contributed by atoms with Crippen molar-refractivity contribution in [2.24, 2.45) is 0 Å². The second kappa shape index (κ2) is 5.65. The van der Waals surface area contributed by atoms with E-state index in [1.54, 1.807) is 11.3 Å². The van der Waals surface area contributed by atoms with Crippen molar-refractivity contribution in [3.8, 4) is 0 Å². The van der Waals surface area contributed by atoms with Gasteiger partial charge in [-0.05, 0) is 6.07 Å². The van der Waals surface area contributed by atoms with E-state index in [2.05, 4.69) is 56.9 Å². The van der Waals surface area contributed by atoms with Crippen molar-refractivity contribution >= 4 is 22.9 Å². The molecule has 0 N–H and O–H groups in total. The van der Waals surface area contributed by atoms with Gasteiger partial charge in [0.05, 0.1) is 16.4 Å². The highest BCUT2D eigenvalue weighted by Gasteiger charge is 2.20. The van der Waals surface area contributed by atoms with Crippen LogP contribution in [0.3, 0.4) is 0 Å². The summed E-state index contributed by atoms with van der Waals surface area (Å²) in [4.78, 5) is 13.7. The van der Waals surface area contributed by atoms with E-state index < -0.39 is 0 Å². The van der Waals surface area contributed by atoms with Gasteiger partial charge in [0.25, 0.3) is 0 Å². The Morgan fingerprint density at radius 2 is 1.67 bits per heavy atom. The van der Waals surface area contributed by atoms with Gasteiger partial charge in [-0.2, -0.15) is 0 Å². The molecule has 0 aromatic carbocycles. The van der Waals surface area contributed by atoms with Crippen molar-refractivity contribution in [3.05, 3.63) is 38.8 Å². The van der Waals surface area contributed by atoms with Gasteiger partial charge in [-0.3, -0.25) is 0 Å². The number of thiazole rings is 1. The second-order valence-corrected chi connectivity index (χ2v) is 8.64. The Morgan fingerprint density at radius 3 is 2.19 bits per heavy atom. The minimum absolute atomic E-state index is 0.0780. The number of hydrogen-bond acceptors (Lipinski definition) is 4. The van der Waals surface area contributed by atoms with Gasteiger partial charge in [-0.1, -0.05) is 53.1 Å². The Bertz CT molecular complexity index is 636. The average molecular weight is 324 g/mol. The van der Waals surface area contributed by atoms with E-state index in [-0.39, 0.29) is 10.8 Å².